The molecular weight excluding hydrogens is 583 g/mol. The lowest BCUT2D eigenvalue weighted by Crippen LogP contribution is -2.45. The van der Waals surface area contributed by atoms with E-state index < -0.39 is 0 Å². The standard InChI is InChI=1S/C28H32Cl2N8O4/c1-5-21(39)34-17-12-38(28(40)31-2)13-18(17)36-27-33-11-15-8-16(35-26(25(15)37-27)32-10-14-6-7-14)22-23(29)19(41-3)9-20(42-4)24(22)30/h5,8-9,11,14,17-18H,1,6-7,10,12-13H2,2-4H3,(H,31,40)(H,32,35)(H,34,39)(H,33,36,37)/t17-,18+/m0/s1. The second kappa shape index (κ2) is 12.5. The molecule has 3 aromatic rings. The number of pyridine rings is 1. The van der Waals surface area contributed by atoms with Crippen molar-refractivity contribution in [2.24, 2.45) is 5.92 Å². The monoisotopic (exact) mass is 614 g/mol. The minimum absolute atomic E-state index is 0.244. The minimum atomic E-state index is -0.382. The van der Waals surface area contributed by atoms with E-state index in [9.17, 15) is 9.59 Å². The van der Waals surface area contributed by atoms with Crippen LogP contribution in [-0.2, 0) is 4.79 Å². The fraction of sp³-hybridized carbons (Fsp3) is 0.393. The molecule has 4 N–H and O–H groups in total. The summed E-state index contributed by atoms with van der Waals surface area (Å²) < 4.78 is 10.9. The highest BCUT2D eigenvalue weighted by molar-refractivity contribution is 6.41. The maximum Gasteiger partial charge on any atom is 0.317 e. The van der Waals surface area contributed by atoms with Crippen LogP contribution in [0.5, 0.6) is 11.5 Å². The number of carbonyl (C=O) groups is 2. The first-order valence-electron chi connectivity index (χ1n) is 13.4. The number of anilines is 2. The van der Waals surface area contributed by atoms with Crippen LogP contribution in [0.3, 0.4) is 0 Å². The number of carbonyl (C=O) groups excluding carboxylic acids is 2. The van der Waals surface area contributed by atoms with E-state index in [1.807, 2.05) is 6.07 Å². The highest BCUT2D eigenvalue weighted by Crippen LogP contribution is 2.46. The molecule has 0 radical (unpaired) electrons. The van der Waals surface area contributed by atoms with E-state index in [0.29, 0.717) is 74.5 Å². The number of nitrogens with zero attached hydrogens (tertiary/aromatic N) is 4. The molecule has 1 aromatic carbocycles. The van der Waals surface area contributed by atoms with Gasteiger partial charge in [-0.2, -0.15) is 0 Å². The SMILES string of the molecule is C=CC(=O)N[C@H]1CN(C(=O)NC)C[C@H]1Nc1ncc2cc(-c3c(Cl)c(OC)cc(OC)c3Cl)nc(NCC3CC3)c2n1. The van der Waals surface area contributed by atoms with Crippen LogP contribution in [0.2, 0.25) is 10.0 Å². The van der Waals surface area contributed by atoms with Crippen LogP contribution in [0, 0.1) is 5.92 Å². The zero-order valence-electron chi connectivity index (χ0n) is 23.5. The number of urea groups is 1. The van der Waals surface area contributed by atoms with Crippen LogP contribution in [-0.4, -0.2) is 84.8 Å². The number of benzene rings is 1. The van der Waals surface area contributed by atoms with Gasteiger partial charge in [0.1, 0.15) is 17.0 Å². The highest BCUT2D eigenvalue weighted by atomic mass is 35.5. The average Bonchev–Trinajstić information content (AvgIpc) is 3.75. The van der Waals surface area contributed by atoms with Crippen LogP contribution in [0.4, 0.5) is 16.6 Å². The lowest BCUT2D eigenvalue weighted by atomic mass is 10.1. The Morgan fingerprint density at radius 3 is 2.40 bits per heavy atom. The molecule has 14 heteroatoms. The predicted octanol–water partition coefficient (Wildman–Crippen LogP) is 3.94. The van der Waals surface area contributed by atoms with Crippen LogP contribution in [0.15, 0.2) is 31.0 Å². The van der Waals surface area contributed by atoms with Gasteiger partial charge in [0.15, 0.2) is 5.82 Å². The minimum Gasteiger partial charge on any atom is -0.495 e. The zero-order valence-corrected chi connectivity index (χ0v) is 25.0. The lowest BCUT2D eigenvalue weighted by molar-refractivity contribution is -0.117. The van der Waals surface area contributed by atoms with Gasteiger partial charge in [0.25, 0.3) is 0 Å². The van der Waals surface area contributed by atoms with Crippen molar-refractivity contribution in [1.29, 1.82) is 0 Å². The fourth-order valence-electron chi connectivity index (χ4n) is 4.86. The van der Waals surface area contributed by atoms with Gasteiger partial charge in [-0.05, 0) is 30.9 Å². The summed E-state index contributed by atoms with van der Waals surface area (Å²) in [6.45, 7) is 4.91. The van der Waals surface area contributed by atoms with Gasteiger partial charge in [0.05, 0.1) is 42.0 Å². The molecule has 0 unspecified atom stereocenters. The lowest BCUT2D eigenvalue weighted by Gasteiger charge is -2.20. The number of hydrogen-bond acceptors (Lipinski definition) is 9. The molecule has 3 amide bonds. The number of methoxy groups -OCH3 is 2. The molecule has 3 heterocycles. The van der Waals surface area contributed by atoms with Crippen LogP contribution >= 0.6 is 23.2 Å². The Morgan fingerprint density at radius 2 is 1.79 bits per heavy atom. The molecule has 0 spiro atoms. The molecule has 1 saturated heterocycles. The average molecular weight is 616 g/mol. The third-order valence-electron chi connectivity index (χ3n) is 7.30. The van der Waals surface area contributed by atoms with E-state index in [-0.39, 0.29) is 24.0 Å². The molecule has 42 heavy (non-hydrogen) atoms. The van der Waals surface area contributed by atoms with Crippen molar-refractivity contribution in [1.82, 2.24) is 30.5 Å². The first-order valence-corrected chi connectivity index (χ1v) is 14.2. The van der Waals surface area contributed by atoms with Gasteiger partial charge in [-0.15, -0.1) is 0 Å². The first kappa shape index (κ1) is 29.5. The first-order chi connectivity index (χ1) is 20.3. The number of ether oxygens (including phenoxy) is 2. The molecule has 2 fully saturated rings. The quantitative estimate of drug-likeness (QED) is 0.250. The molecule has 2 aliphatic rings. The van der Waals surface area contributed by atoms with Gasteiger partial charge in [-0.3, -0.25) is 4.79 Å². The van der Waals surface area contributed by atoms with Crippen LogP contribution in [0.1, 0.15) is 12.8 Å². The third-order valence-corrected chi connectivity index (χ3v) is 8.05. The van der Waals surface area contributed by atoms with Crippen molar-refractivity contribution in [2.45, 2.75) is 24.9 Å². The maximum atomic E-state index is 12.3. The van der Waals surface area contributed by atoms with Gasteiger partial charge in [0, 0.05) is 49.9 Å². The van der Waals surface area contributed by atoms with E-state index >= 15 is 0 Å². The number of fused-ring (bicyclic) bond motifs is 1. The summed E-state index contributed by atoms with van der Waals surface area (Å²) in [7, 11) is 4.60. The summed E-state index contributed by atoms with van der Waals surface area (Å²) in [5.74, 6) is 1.91. The van der Waals surface area contributed by atoms with Crippen molar-refractivity contribution in [2.75, 3.05) is 51.5 Å². The normalized spacial score (nSPS) is 18.0. The Kier molecular flexibility index (Phi) is 8.74. The molecular formula is C28H32Cl2N8O4. The number of nitrogens with one attached hydrogen (secondary N) is 4. The summed E-state index contributed by atoms with van der Waals surface area (Å²) in [5, 5.41) is 13.6. The molecule has 1 saturated carbocycles. The van der Waals surface area contributed by atoms with E-state index in [1.165, 1.54) is 20.3 Å². The zero-order chi connectivity index (χ0) is 30.0. The summed E-state index contributed by atoms with van der Waals surface area (Å²) in [6, 6.07) is 2.46. The summed E-state index contributed by atoms with van der Waals surface area (Å²) >= 11 is 13.4. The summed E-state index contributed by atoms with van der Waals surface area (Å²) in [6.07, 6.45) is 5.18. The van der Waals surface area contributed by atoms with Crippen LogP contribution in [0.25, 0.3) is 22.2 Å². The van der Waals surface area contributed by atoms with Crippen molar-refractivity contribution in [3.8, 4) is 22.8 Å². The largest absolute Gasteiger partial charge is 0.495 e. The van der Waals surface area contributed by atoms with Gasteiger partial charge in [-0.1, -0.05) is 29.8 Å². The van der Waals surface area contributed by atoms with E-state index in [2.05, 4.69) is 32.8 Å². The second-order valence-electron chi connectivity index (χ2n) is 10.1. The van der Waals surface area contributed by atoms with Gasteiger partial charge >= 0.3 is 6.03 Å². The van der Waals surface area contributed by atoms with Crippen molar-refractivity contribution in [3.63, 3.8) is 0 Å². The smallest absolute Gasteiger partial charge is 0.317 e. The number of rotatable bonds is 10. The van der Waals surface area contributed by atoms with Crippen molar-refractivity contribution in [3.05, 3.63) is 41.0 Å². The topological polar surface area (TPSA) is 143 Å². The molecule has 222 valence electrons. The van der Waals surface area contributed by atoms with Crippen molar-refractivity contribution < 1.29 is 19.1 Å². The Hall–Kier alpha value is -4.03. The number of hydrogen-bond donors (Lipinski definition) is 4. The molecule has 2 atom stereocenters. The van der Waals surface area contributed by atoms with E-state index in [1.54, 1.807) is 24.2 Å². The van der Waals surface area contributed by atoms with Gasteiger partial charge < -0.3 is 35.6 Å². The molecule has 0 bridgehead atoms. The number of amides is 3. The summed E-state index contributed by atoms with van der Waals surface area (Å²) in [5.41, 5.74) is 1.56. The van der Waals surface area contributed by atoms with Crippen molar-refractivity contribution >= 4 is 57.8 Å². The number of aromatic nitrogens is 3. The number of likely N-dealkylation sites (tertiary alicyclic amines) is 1. The fourth-order valence-corrected chi connectivity index (χ4v) is 5.56. The molecule has 5 rings (SSSR count). The van der Waals surface area contributed by atoms with Crippen LogP contribution < -0.4 is 30.7 Å². The second-order valence-corrected chi connectivity index (χ2v) is 10.9. The Labute approximate surface area is 253 Å². The Morgan fingerprint density at radius 1 is 1.10 bits per heavy atom. The molecule has 12 nitrogen and oxygen atoms in total. The maximum absolute atomic E-state index is 12.3. The Bertz CT molecular complexity index is 1510. The third kappa shape index (κ3) is 6.09. The van der Waals surface area contributed by atoms with E-state index in [4.69, 9.17) is 42.6 Å². The van der Waals surface area contributed by atoms with Gasteiger partial charge in [-0.25, -0.2) is 19.7 Å². The van der Waals surface area contributed by atoms with Gasteiger partial charge in [0.2, 0.25) is 11.9 Å². The predicted molar refractivity (Wildman–Crippen MR) is 163 cm³/mol. The Balaban J connectivity index is 1.53. The highest BCUT2D eigenvalue weighted by Gasteiger charge is 2.36. The molecule has 1 aliphatic heterocycles. The number of halogens is 2. The molecule has 2 aromatic heterocycles. The molecule has 1 aliphatic carbocycles. The van der Waals surface area contributed by atoms with E-state index in [0.717, 1.165) is 19.4 Å². The summed E-state index contributed by atoms with van der Waals surface area (Å²) in [4.78, 5) is 40.2.